The number of nitrogens with zero attached hydrogens (tertiary/aromatic N) is 1. The largest absolute Gasteiger partial charge is 0.468 e. The fraction of sp³-hybridized carbons (Fsp3) is 0.182. The van der Waals surface area contributed by atoms with E-state index in [0.717, 1.165) is 17.7 Å². The van der Waals surface area contributed by atoms with Gasteiger partial charge in [0.05, 0.1) is 12.3 Å². The molecule has 0 aliphatic rings. The zero-order chi connectivity index (χ0) is 9.80. The summed E-state index contributed by atoms with van der Waals surface area (Å²) in [4.78, 5) is 4.03. The molecule has 2 rings (SSSR count). The number of hydrogen-bond donors (Lipinski definition) is 1. The van der Waals surface area contributed by atoms with E-state index in [0.29, 0.717) is 0 Å². The maximum Gasteiger partial charge on any atom is 0.120 e. The van der Waals surface area contributed by atoms with Crippen LogP contribution in [-0.2, 0) is 6.42 Å². The highest BCUT2D eigenvalue weighted by atomic mass is 16.3. The van der Waals surface area contributed by atoms with Gasteiger partial charge in [-0.3, -0.25) is 4.98 Å². The molecule has 2 aromatic rings. The first-order chi connectivity index (χ1) is 6.86. The van der Waals surface area contributed by atoms with Crippen molar-refractivity contribution in [2.45, 2.75) is 12.5 Å². The van der Waals surface area contributed by atoms with Gasteiger partial charge in [-0.2, -0.15) is 0 Å². The van der Waals surface area contributed by atoms with Gasteiger partial charge in [0.25, 0.3) is 0 Å². The molecule has 14 heavy (non-hydrogen) atoms. The Morgan fingerprint density at radius 2 is 2.29 bits per heavy atom. The molecule has 2 aromatic heterocycles. The van der Waals surface area contributed by atoms with Crippen molar-refractivity contribution < 1.29 is 4.42 Å². The van der Waals surface area contributed by atoms with Gasteiger partial charge in [0.2, 0.25) is 0 Å². The van der Waals surface area contributed by atoms with E-state index in [1.54, 1.807) is 12.5 Å². The van der Waals surface area contributed by atoms with Gasteiger partial charge >= 0.3 is 0 Å². The summed E-state index contributed by atoms with van der Waals surface area (Å²) in [6.45, 7) is 0. The lowest BCUT2D eigenvalue weighted by Gasteiger charge is -2.07. The number of hydrogen-bond acceptors (Lipinski definition) is 3. The highest BCUT2D eigenvalue weighted by Gasteiger charge is 2.08. The Balaban J connectivity index is 2.06. The quantitative estimate of drug-likeness (QED) is 0.800. The molecule has 2 heterocycles. The molecule has 0 fully saturated rings. The lowest BCUT2D eigenvalue weighted by molar-refractivity contribution is 0.464. The molecule has 0 spiro atoms. The number of rotatable bonds is 3. The lowest BCUT2D eigenvalue weighted by Crippen LogP contribution is -2.12. The van der Waals surface area contributed by atoms with Crippen LogP contribution in [0.15, 0.2) is 47.3 Å². The van der Waals surface area contributed by atoms with E-state index in [1.165, 1.54) is 0 Å². The summed E-state index contributed by atoms with van der Waals surface area (Å²) in [7, 11) is 0. The molecular formula is C11H12N2O. The van der Waals surface area contributed by atoms with Crippen LogP contribution in [0.25, 0.3) is 0 Å². The molecule has 2 N–H and O–H groups in total. The minimum atomic E-state index is -0.0887. The molecule has 3 nitrogen and oxygen atoms in total. The van der Waals surface area contributed by atoms with Crippen molar-refractivity contribution in [3.05, 3.63) is 54.2 Å². The van der Waals surface area contributed by atoms with Gasteiger partial charge < -0.3 is 10.2 Å². The van der Waals surface area contributed by atoms with Crippen LogP contribution in [0.4, 0.5) is 0 Å². The van der Waals surface area contributed by atoms with Crippen LogP contribution in [0, 0.1) is 0 Å². The molecule has 72 valence electrons. The van der Waals surface area contributed by atoms with Gasteiger partial charge in [0.1, 0.15) is 5.76 Å². The van der Waals surface area contributed by atoms with Crippen molar-refractivity contribution in [1.29, 1.82) is 0 Å². The van der Waals surface area contributed by atoms with Gasteiger partial charge in [-0.1, -0.05) is 6.07 Å². The number of nitrogens with two attached hydrogens (primary N) is 1. The van der Waals surface area contributed by atoms with E-state index in [1.807, 2.05) is 30.5 Å². The molecule has 1 atom stereocenters. The van der Waals surface area contributed by atoms with Crippen molar-refractivity contribution >= 4 is 0 Å². The molecule has 0 bridgehead atoms. The molecule has 0 amide bonds. The zero-order valence-corrected chi connectivity index (χ0v) is 7.76. The molecule has 0 aromatic carbocycles. The van der Waals surface area contributed by atoms with E-state index in [-0.39, 0.29) is 6.04 Å². The van der Waals surface area contributed by atoms with Gasteiger partial charge in [0.15, 0.2) is 0 Å². The van der Waals surface area contributed by atoms with Crippen LogP contribution < -0.4 is 5.73 Å². The van der Waals surface area contributed by atoms with E-state index < -0.39 is 0 Å². The summed E-state index contributed by atoms with van der Waals surface area (Å²) >= 11 is 0. The van der Waals surface area contributed by atoms with Crippen LogP contribution in [0.2, 0.25) is 0 Å². The maximum atomic E-state index is 5.95. The topological polar surface area (TPSA) is 52.0 Å². The fourth-order valence-electron chi connectivity index (χ4n) is 1.38. The Morgan fingerprint density at radius 3 is 2.93 bits per heavy atom. The fourth-order valence-corrected chi connectivity index (χ4v) is 1.38. The Morgan fingerprint density at radius 1 is 1.36 bits per heavy atom. The van der Waals surface area contributed by atoms with Crippen LogP contribution in [0.5, 0.6) is 0 Å². The normalized spacial score (nSPS) is 12.6. The summed E-state index contributed by atoms with van der Waals surface area (Å²) in [5, 5.41) is 0. The summed E-state index contributed by atoms with van der Waals surface area (Å²) in [6, 6.07) is 7.56. The average molecular weight is 188 g/mol. The van der Waals surface area contributed by atoms with Crippen LogP contribution in [0.1, 0.15) is 17.4 Å². The summed E-state index contributed by atoms with van der Waals surface area (Å²) < 4.78 is 5.22. The third kappa shape index (κ3) is 2.00. The molecule has 0 saturated carbocycles. The lowest BCUT2D eigenvalue weighted by atomic mass is 10.1. The first kappa shape index (κ1) is 8.97. The van der Waals surface area contributed by atoms with Gasteiger partial charge in [-0.15, -0.1) is 0 Å². The Kier molecular flexibility index (Phi) is 2.60. The standard InChI is InChI=1S/C11H12N2O/c12-10(11-4-2-6-14-11)7-9-3-1-5-13-8-9/h1-6,8,10H,7,12H2. The SMILES string of the molecule is NC(Cc1cccnc1)c1ccco1. The summed E-state index contributed by atoms with van der Waals surface area (Å²) in [6.07, 6.45) is 5.96. The van der Waals surface area contributed by atoms with Crippen molar-refractivity contribution in [2.24, 2.45) is 5.73 Å². The summed E-state index contributed by atoms with van der Waals surface area (Å²) in [5.41, 5.74) is 7.07. The Hall–Kier alpha value is -1.61. The van der Waals surface area contributed by atoms with E-state index in [2.05, 4.69) is 4.98 Å². The van der Waals surface area contributed by atoms with E-state index in [4.69, 9.17) is 10.2 Å². The third-order valence-electron chi connectivity index (χ3n) is 2.09. The van der Waals surface area contributed by atoms with Gasteiger partial charge in [0, 0.05) is 12.4 Å². The first-order valence-electron chi connectivity index (χ1n) is 4.54. The van der Waals surface area contributed by atoms with Crippen molar-refractivity contribution in [2.75, 3.05) is 0 Å². The maximum absolute atomic E-state index is 5.95. The predicted molar refractivity (Wildman–Crippen MR) is 53.6 cm³/mol. The Bertz CT molecular complexity index is 369. The third-order valence-corrected chi connectivity index (χ3v) is 2.09. The molecule has 3 heteroatoms. The van der Waals surface area contributed by atoms with Gasteiger partial charge in [-0.05, 0) is 30.2 Å². The monoisotopic (exact) mass is 188 g/mol. The second kappa shape index (κ2) is 4.07. The molecule has 0 saturated heterocycles. The smallest absolute Gasteiger partial charge is 0.120 e. The van der Waals surface area contributed by atoms with Crippen LogP contribution in [0.3, 0.4) is 0 Å². The van der Waals surface area contributed by atoms with Crippen molar-refractivity contribution in [1.82, 2.24) is 4.98 Å². The minimum Gasteiger partial charge on any atom is -0.468 e. The highest BCUT2D eigenvalue weighted by Crippen LogP contribution is 2.15. The second-order valence-corrected chi connectivity index (χ2v) is 3.19. The van der Waals surface area contributed by atoms with Crippen LogP contribution >= 0.6 is 0 Å². The predicted octanol–water partition coefficient (Wildman–Crippen LogP) is 1.92. The summed E-state index contributed by atoms with van der Waals surface area (Å²) in [5.74, 6) is 0.814. The molecular weight excluding hydrogens is 176 g/mol. The molecule has 0 aliphatic carbocycles. The Labute approximate surface area is 82.6 Å². The van der Waals surface area contributed by atoms with E-state index >= 15 is 0 Å². The number of furan rings is 1. The zero-order valence-electron chi connectivity index (χ0n) is 7.76. The first-order valence-corrected chi connectivity index (χ1v) is 4.54. The minimum absolute atomic E-state index is 0.0887. The second-order valence-electron chi connectivity index (χ2n) is 3.19. The number of pyridine rings is 1. The van der Waals surface area contributed by atoms with E-state index in [9.17, 15) is 0 Å². The highest BCUT2D eigenvalue weighted by molar-refractivity contribution is 5.14. The van der Waals surface area contributed by atoms with Crippen LogP contribution in [-0.4, -0.2) is 4.98 Å². The average Bonchev–Trinajstić information content (AvgIpc) is 2.72. The molecule has 0 radical (unpaired) electrons. The van der Waals surface area contributed by atoms with Crippen molar-refractivity contribution in [3.8, 4) is 0 Å². The number of aromatic nitrogens is 1. The molecule has 0 aliphatic heterocycles. The van der Waals surface area contributed by atoms with Crippen molar-refractivity contribution in [3.63, 3.8) is 0 Å². The van der Waals surface area contributed by atoms with Gasteiger partial charge in [-0.25, -0.2) is 0 Å². The molecule has 1 unspecified atom stereocenters.